The fourth-order valence-electron chi connectivity index (χ4n) is 2.25. The Hall–Kier alpha value is -0.0800. The lowest BCUT2D eigenvalue weighted by Gasteiger charge is -2.20. The Balaban J connectivity index is 1.88. The second-order valence-corrected chi connectivity index (χ2v) is 5.08. The van der Waals surface area contributed by atoms with Gasteiger partial charge in [-0.05, 0) is 64.7 Å². The maximum absolute atomic E-state index is 3.47. The third-order valence-electron chi connectivity index (χ3n) is 3.30. The Labute approximate surface area is 102 Å². The highest BCUT2D eigenvalue weighted by Crippen LogP contribution is 2.27. The van der Waals surface area contributed by atoms with Crippen LogP contribution in [0.4, 0.5) is 0 Å². The summed E-state index contributed by atoms with van der Waals surface area (Å²) in [5, 5.41) is 3.47. The predicted molar refractivity (Wildman–Crippen MR) is 71.9 cm³/mol. The summed E-state index contributed by atoms with van der Waals surface area (Å²) in [7, 11) is 0. The van der Waals surface area contributed by atoms with E-state index in [2.05, 4.69) is 24.1 Å². The predicted octanol–water partition coefficient (Wildman–Crippen LogP) is 3.03. The molecule has 0 unspecified atom stereocenters. The molecule has 96 valence electrons. The van der Waals surface area contributed by atoms with Crippen LogP contribution in [-0.4, -0.2) is 37.1 Å². The van der Waals surface area contributed by atoms with Crippen molar-refractivity contribution >= 4 is 0 Å². The number of nitrogens with zero attached hydrogens (tertiary/aromatic N) is 1. The van der Waals surface area contributed by atoms with E-state index in [-0.39, 0.29) is 0 Å². The topological polar surface area (TPSA) is 15.3 Å². The molecular formula is C14H30N2. The second-order valence-electron chi connectivity index (χ2n) is 5.08. The maximum Gasteiger partial charge on any atom is 0.00964 e. The highest BCUT2D eigenvalue weighted by Gasteiger charge is 2.27. The Morgan fingerprint density at radius 2 is 1.75 bits per heavy atom. The summed E-state index contributed by atoms with van der Waals surface area (Å²) >= 11 is 0. The zero-order valence-electron chi connectivity index (χ0n) is 11.3. The van der Waals surface area contributed by atoms with E-state index >= 15 is 0 Å². The minimum atomic E-state index is 0.957. The molecule has 0 heterocycles. The molecule has 1 N–H and O–H groups in total. The van der Waals surface area contributed by atoms with Gasteiger partial charge in [-0.2, -0.15) is 0 Å². The van der Waals surface area contributed by atoms with Crippen LogP contribution in [0.3, 0.4) is 0 Å². The lowest BCUT2D eigenvalue weighted by Crippen LogP contribution is -2.28. The molecule has 1 aliphatic rings. The summed E-state index contributed by atoms with van der Waals surface area (Å²) < 4.78 is 0. The third kappa shape index (κ3) is 6.49. The van der Waals surface area contributed by atoms with Crippen LogP contribution in [-0.2, 0) is 0 Å². The fourth-order valence-corrected chi connectivity index (χ4v) is 2.25. The second kappa shape index (κ2) is 9.00. The Bertz CT molecular complexity index is 155. The van der Waals surface area contributed by atoms with E-state index in [0.29, 0.717) is 0 Å². The number of rotatable bonds is 11. The van der Waals surface area contributed by atoms with Crippen LogP contribution in [0.1, 0.15) is 58.8 Å². The molecule has 0 aliphatic heterocycles. The summed E-state index contributed by atoms with van der Waals surface area (Å²) in [5.74, 6) is 0. The minimum Gasteiger partial charge on any atom is -0.317 e. The van der Waals surface area contributed by atoms with E-state index in [4.69, 9.17) is 0 Å². The molecule has 1 aliphatic carbocycles. The van der Waals surface area contributed by atoms with Crippen LogP contribution < -0.4 is 5.32 Å². The molecule has 2 nitrogen and oxygen atoms in total. The fraction of sp³-hybridized carbons (Fsp3) is 1.00. The first-order chi connectivity index (χ1) is 7.88. The molecule has 1 rings (SSSR count). The highest BCUT2D eigenvalue weighted by atomic mass is 15.2. The number of unbranched alkanes of at least 4 members (excludes halogenated alkanes) is 2. The molecule has 1 fully saturated rings. The molecule has 0 bridgehead atoms. The molecule has 0 atom stereocenters. The quantitative estimate of drug-likeness (QED) is 0.545. The molecule has 1 saturated carbocycles. The monoisotopic (exact) mass is 226 g/mol. The summed E-state index contributed by atoms with van der Waals surface area (Å²) in [6, 6.07) is 0.957. The average Bonchev–Trinajstić information content (AvgIpc) is 3.10. The van der Waals surface area contributed by atoms with Gasteiger partial charge in [0.15, 0.2) is 0 Å². The van der Waals surface area contributed by atoms with Gasteiger partial charge in [0, 0.05) is 6.04 Å². The van der Waals surface area contributed by atoms with Crippen molar-refractivity contribution < 1.29 is 0 Å². The highest BCUT2D eigenvalue weighted by molar-refractivity contribution is 4.84. The lowest BCUT2D eigenvalue weighted by molar-refractivity contribution is 0.257. The molecule has 0 aromatic heterocycles. The molecular weight excluding hydrogens is 196 g/mol. The Morgan fingerprint density at radius 3 is 2.38 bits per heavy atom. The van der Waals surface area contributed by atoms with E-state index in [1.165, 1.54) is 71.1 Å². The van der Waals surface area contributed by atoms with Gasteiger partial charge >= 0.3 is 0 Å². The van der Waals surface area contributed by atoms with Crippen molar-refractivity contribution in [3.05, 3.63) is 0 Å². The zero-order valence-corrected chi connectivity index (χ0v) is 11.3. The maximum atomic E-state index is 3.47. The molecule has 0 amide bonds. The van der Waals surface area contributed by atoms with Gasteiger partial charge < -0.3 is 10.2 Å². The van der Waals surface area contributed by atoms with Crippen LogP contribution in [0.15, 0.2) is 0 Å². The first-order valence-electron chi connectivity index (χ1n) is 7.33. The van der Waals surface area contributed by atoms with E-state index in [0.717, 1.165) is 6.04 Å². The number of nitrogens with one attached hydrogen (secondary N) is 1. The van der Waals surface area contributed by atoms with Crippen molar-refractivity contribution in [3.8, 4) is 0 Å². The van der Waals surface area contributed by atoms with E-state index in [1.54, 1.807) is 0 Å². The van der Waals surface area contributed by atoms with Gasteiger partial charge in [0.2, 0.25) is 0 Å². The largest absolute Gasteiger partial charge is 0.317 e. The standard InChI is InChI=1S/C14H30N2/c1-3-10-15-11-6-5-7-13-16(12-4-2)14-8-9-14/h14-15H,3-13H2,1-2H3. The smallest absolute Gasteiger partial charge is 0.00964 e. The minimum absolute atomic E-state index is 0.957. The molecule has 2 heteroatoms. The number of hydrogen-bond donors (Lipinski definition) is 1. The molecule has 0 radical (unpaired) electrons. The molecule has 0 aromatic carbocycles. The summed E-state index contributed by atoms with van der Waals surface area (Å²) in [4.78, 5) is 2.71. The van der Waals surface area contributed by atoms with Gasteiger partial charge in [-0.25, -0.2) is 0 Å². The van der Waals surface area contributed by atoms with E-state index in [9.17, 15) is 0 Å². The van der Waals surface area contributed by atoms with Crippen molar-refractivity contribution in [2.45, 2.75) is 64.8 Å². The molecule has 0 saturated heterocycles. The summed E-state index contributed by atoms with van der Waals surface area (Å²) in [6.07, 6.45) is 9.62. The SMILES string of the molecule is CCCNCCCCCN(CCC)C1CC1. The summed E-state index contributed by atoms with van der Waals surface area (Å²) in [5.41, 5.74) is 0. The van der Waals surface area contributed by atoms with Gasteiger partial charge in [-0.15, -0.1) is 0 Å². The van der Waals surface area contributed by atoms with Crippen LogP contribution in [0.5, 0.6) is 0 Å². The first-order valence-corrected chi connectivity index (χ1v) is 7.33. The van der Waals surface area contributed by atoms with E-state index < -0.39 is 0 Å². The van der Waals surface area contributed by atoms with Gasteiger partial charge in [0.05, 0.1) is 0 Å². The normalized spacial score (nSPS) is 15.9. The lowest BCUT2D eigenvalue weighted by atomic mass is 10.2. The molecule has 0 aromatic rings. The van der Waals surface area contributed by atoms with Gasteiger partial charge in [-0.3, -0.25) is 0 Å². The van der Waals surface area contributed by atoms with E-state index in [1.807, 2.05) is 0 Å². The first kappa shape index (κ1) is 14.0. The molecule has 0 spiro atoms. The third-order valence-corrected chi connectivity index (χ3v) is 3.30. The van der Waals surface area contributed by atoms with Crippen molar-refractivity contribution in [2.75, 3.05) is 26.2 Å². The Morgan fingerprint density at radius 1 is 0.938 bits per heavy atom. The van der Waals surface area contributed by atoms with Crippen LogP contribution in [0.2, 0.25) is 0 Å². The van der Waals surface area contributed by atoms with Gasteiger partial charge in [0.1, 0.15) is 0 Å². The van der Waals surface area contributed by atoms with Gasteiger partial charge in [0.25, 0.3) is 0 Å². The molecule has 16 heavy (non-hydrogen) atoms. The summed E-state index contributed by atoms with van der Waals surface area (Å²) in [6.45, 7) is 9.58. The van der Waals surface area contributed by atoms with Crippen molar-refractivity contribution in [2.24, 2.45) is 0 Å². The Kier molecular flexibility index (Phi) is 7.87. The number of hydrogen-bond acceptors (Lipinski definition) is 2. The van der Waals surface area contributed by atoms with Crippen LogP contribution in [0.25, 0.3) is 0 Å². The zero-order chi connectivity index (χ0) is 11.6. The van der Waals surface area contributed by atoms with Crippen molar-refractivity contribution in [1.29, 1.82) is 0 Å². The van der Waals surface area contributed by atoms with Crippen LogP contribution in [0, 0.1) is 0 Å². The van der Waals surface area contributed by atoms with Crippen molar-refractivity contribution in [1.82, 2.24) is 10.2 Å². The van der Waals surface area contributed by atoms with Crippen LogP contribution >= 0.6 is 0 Å². The average molecular weight is 226 g/mol. The van der Waals surface area contributed by atoms with Crippen molar-refractivity contribution in [3.63, 3.8) is 0 Å². The van der Waals surface area contributed by atoms with Gasteiger partial charge in [-0.1, -0.05) is 20.3 Å².